The first-order valence-corrected chi connectivity index (χ1v) is 8.06. The lowest BCUT2D eigenvalue weighted by atomic mass is 10.0. The van der Waals surface area contributed by atoms with Gasteiger partial charge in [-0.15, -0.1) is 0 Å². The molecule has 4 nitrogen and oxygen atoms in total. The third-order valence-corrected chi connectivity index (χ3v) is 4.23. The van der Waals surface area contributed by atoms with Crippen molar-refractivity contribution < 1.29 is 13.9 Å². The molecule has 2 atom stereocenters. The summed E-state index contributed by atoms with van der Waals surface area (Å²) in [5.74, 6) is -0.309. The van der Waals surface area contributed by atoms with E-state index in [1.54, 1.807) is 29.2 Å². The van der Waals surface area contributed by atoms with E-state index in [1.165, 1.54) is 12.1 Å². The fraction of sp³-hybridized carbons (Fsp3) is 0.316. The number of benzene rings is 2. The number of hydrogen-bond donors (Lipinski definition) is 1. The molecule has 2 N–H and O–H groups in total. The topological polar surface area (TPSA) is 55.6 Å². The van der Waals surface area contributed by atoms with Crippen LogP contribution >= 0.6 is 0 Å². The van der Waals surface area contributed by atoms with Crippen LogP contribution in [0.15, 0.2) is 48.5 Å². The van der Waals surface area contributed by atoms with Crippen LogP contribution in [0.3, 0.4) is 0 Å². The van der Waals surface area contributed by atoms with Crippen molar-refractivity contribution in [3.05, 3.63) is 71.0 Å². The summed E-state index contributed by atoms with van der Waals surface area (Å²) in [5.41, 5.74) is 8.10. The van der Waals surface area contributed by atoms with Gasteiger partial charge < -0.3 is 15.4 Å². The molecule has 1 amide bonds. The van der Waals surface area contributed by atoms with Crippen molar-refractivity contribution in [2.24, 2.45) is 5.73 Å². The molecule has 1 heterocycles. The van der Waals surface area contributed by atoms with Crippen molar-refractivity contribution >= 4 is 5.91 Å². The zero-order valence-electron chi connectivity index (χ0n) is 13.6. The second-order valence-corrected chi connectivity index (χ2v) is 6.10. The highest BCUT2D eigenvalue weighted by atomic mass is 19.1. The first-order valence-electron chi connectivity index (χ1n) is 8.06. The van der Waals surface area contributed by atoms with Gasteiger partial charge in [-0.1, -0.05) is 24.3 Å². The van der Waals surface area contributed by atoms with E-state index in [9.17, 15) is 9.18 Å². The van der Waals surface area contributed by atoms with Gasteiger partial charge in [0.15, 0.2) is 0 Å². The van der Waals surface area contributed by atoms with E-state index in [-0.39, 0.29) is 23.9 Å². The fourth-order valence-corrected chi connectivity index (χ4v) is 2.94. The monoisotopic (exact) mass is 328 g/mol. The summed E-state index contributed by atoms with van der Waals surface area (Å²) in [5, 5.41) is 0. The number of morpholine rings is 1. The fourth-order valence-electron chi connectivity index (χ4n) is 2.94. The molecule has 2 aromatic carbocycles. The molecule has 0 aromatic heterocycles. The Labute approximate surface area is 141 Å². The average Bonchev–Trinajstić information content (AvgIpc) is 2.61. The molecule has 0 aliphatic carbocycles. The van der Waals surface area contributed by atoms with Crippen LogP contribution in [-0.2, 0) is 11.3 Å². The van der Waals surface area contributed by atoms with Crippen molar-refractivity contribution in [2.75, 3.05) is 13.1 Å². The van der Waals surface area contributed by atoms with E-state index in [0.717, 1.165) is 11.1 Å². The van der Waals surface area contributed by atoms with Gasteiger partial charge in [-0.3, -0.25) is 4.79 Å². The van der Waals surface area contributed by atoms with Gasteiger partial charge in [0, 0.05) is 18.7 Å². The molecule has 1 aliphatic rings. The van der Waals surface area contributed by atoms with Gasteiger partial charge in [0.1, 0.15) is 11.9 Å². The molecule has 1 saturated heterocycles. The SMILES string of the molecule is CC1CN(C(=O)c2ccc(CN)cc2)CC(c2ccc(F)cc2)O1. The Balaban J connectivity index is 1.76. The van der Waals surface area contributed by atoms with Crippen LogP contribution in [0.25, 0.3) is 0 Å². The maximum atomic E-state index is 13.1. The molecule has 0 bridgehead atoms. The van der Waals surface area contributed by atoms with Crippen molar-refractivity contribution in [3.63, 3.8) is 0 Å². The van der Waals surface area contributed by atoms with Gasteiger partial charge in [-0.05, 0) is 42.3 Å². The van der Waals surface area contributed by atoms with Gasteiger partial charge in [0.05, 0.1) is 12.6 Å². The molecule has 2 unspecified atom stereocenters. The number of nitrogens with zero attached hydrogens (tertiary/aromatic N) is 1. The maximum Gasteiger partial charge on any atom is 0.254 e. The summed E-state index contributed by atoms with van der Waals surface area (Å²) in [4.78, 5) is 14.5. The number of halogens is 1. The summed E-state index contributed by atoms with van der Waals surface area (Å²) in [6.45, 7) is 3.38. The number of ether oxygens (including phenoxy) is 1. The third kappa shape index (κ3) is 3.63. The zero-order chi connectivity index (χ0) is 17.1. The van der Waals surface area contributed by atoms with E-state index in [0.29, 0.717) is 25.2 Å². The highest BCUT2D eigenvalue weighted by Gasteiger charge is 2.29. The van der Waals surface area contributed by atoms with Crippen molar-refractivity contribution in [1.82, 2.24) is 4.90 Å². The summed E-state index contributed by atoms with van der Waals surface area (Å²) in [7, 11) is 0. The first-order chi connectivity index (χ1) is 11.6. The van der Waals surface area contributed by atoms with Gasteiger partial charge in [0.2, 0.25) is 0 Å². The van der Waals surface area contributed by atoms with Gasteiger partial charge >= 0.3 is 0 Å². The minimum Gasteiger partial charge on any atom is -0.367 e. The van der Waals surface area contributed by atoms with E-state index < -0.39 is 0 Å². The Kier molecular flexibility index (Phi) is 4.92. The Bertz CT molecular complexity index is 700. The molecular weight excluding hydrogens is 307 g/mol. The molecule has 24 heavy (non-hydrogen) atoms. The van der Waals surface area contributed by atoms with Crippen LogP contribution in [0.2, 0.25) is 0 Å². The number of amides is 1. The molecule has 0 saturated carbocycles. The molecule has 3 rings (SSSR count). The van der Waals surface area contributed by atoms with Gasteiger partial charge in [-0.2, -0.15) is 0 Å². The largest absolute Gasteiger partial charge is 0.367 e. The lowest BCUT2D eigenvalue weighted by Crippen LogP contribution is -2.46. The predicted molar refractivity (Wildman–Crippen MR) is 89.9 cm³/mol. The molecule has 1 aliphatic heterocycles. The minimum absolute atomic E-state index is 0.0270. The third-order valence-electron chi connectivity index (χ3n) is 4.23. The summed E-state index contributed by atoms with van der Waals surface area (Å²) in [6, 6.07) is 13.6. The highest BCUT2D eigenvalue weighted by molar-refractivity contribution is 5.94. The lowest BCUT2D eigenvalue weighted by Gasteiger charge is -2.37. The molecule has 126 valence electrons. The van der Waals surface area contributed by atoms with E-state index in [1.807, 2.05) is 19.1 Å². The predicted octanol–water partition coefficient (Wildman–Crippen LogP) is 2.89. The molecule has 2 aromatic rings. The van der Waals surface area contributed by atoms with E-state index in [4.69, 9.17) is 10.5 Å². The molecular formula is C19H21FN2O2. The highest BCUT2D eigenvalue weighted by Crippen LogP contribution is 2.26. The number of carbonyl (C=O) groups excluding carboxylic acids is 1. The second kappa shape index (κ2) is 7.11. The number of hydrogen-bond acceptors (Lipinski definition) is 3. The number of rotatable bonds is 3. The van der Waals surface area contributed by atoms with Gasteiger partial charge in [0.25, 0.3) is 5.91 Å². The Morgan fingerprint density at radius 2 is 1.83 bits per heavy atom. The first kappa shape index (κ1) is 16.6. The number of nitrogens with two attached hydrogens (primary N) is 1. The van der Waals surface area contributed by atoms with Crippen LogP contribution in [0.5, 0.6) is 0 Å². The molecule has 0 radical (unpaired) electrons. The molecule has 5 heteroatoms. The normalized spacial score (nSPS) is 20.9. The van der Waals surface area contributed by atoms with Crippen LogP contribution in [0.1, 0.15) is 34.5 Å². The van der Waals surface area contributed by atoms with Crippen LogP contribution < -0.4 is 5.73 Å². The summed E-state index contributed by atoms with van der Waals surface area (Å²) < 4.78 is 19.0. The van der Waals surface area contributed by atoms with Crippen LogP contribution in [-0.4, -0.2) is 30.0 Å². The van der Waals surface area contributed by atoms with Crippen LogP contribution in [0, 0.1) is 5.82 Å². The summed E-state index contributed by atoms with van der Waals surface area (Å²) >= 11 is 0. The van der Waals surface area contributed by atoms with Gasteiger partial charge in [-0.25, -0.2) is 4.39 Å². The average molecular weight is 328 g/mol. The Morgan fingerprint density at radius 3 is 2.46 bits per heavy atom. The standard InChI is InChI=1S/C19H21FN2O2/c1-13-11-22(19(23)16-4-2-14(10-21)3-5-16)12-18(24-13)15-6-8-17(20)9-7-15/h2-9,13,18H,10-12,21H2,1H3. The summed E-state index contributed by atoms with van der Waals surface area (Å²) in [6.07, 6.45) is -0.331. The Morgan fingerprint density at radius 1 is 1.17 bits per heavy atom. The van der Waals surface area contributed by atoms with Crippen molar-refractivity contribution in [2.45, 2.75) is 25.7 Å². The van der Waals surface area contributed by atoms with Crippen molar-refractivity contribution in [1.29, 1.82) is 0 Å². The molecule has 1 fully saturated rings. The second-order valence-electron chi connectivity index (χ2n) is 6.10. The molecule has 0 spiro atoms. The van der Waals surface area contributed by atoms with E-state index >= 15 is 0 Å². The lowest BCUT2D eigenvalue weighted by molar-refractivity contribution is -0.0691. The quantitative estimate of drug-likeness (QED) is 0.942. The van der Waals surface area contributed by atoms with E-state index in [2.05, 4.69) is 0 Å². The maximum absolute atomic E-state index is 13.1. The minimum atomic E-state index is -0.282. The van der Waals surface area contributed by atoms with Crippen molar-refractivity contribution in [3.8, 4) is 0 Å². The van der Waals surface area contributed by atoms with Crippen LogP contribution in [0.4, 0.5) is 4.39 Å². The smallest absolute Gasteiger partial charge is 0.254 e. The zero-order valence-corrected chi connectivity index (χ0v) is 13.6. The Hall–Kier alpha value is -2.24. The number of carbonyl (C=O) groups is 1.